The van der Waals surface area contributed by atoms with E-state index in [1.54, 1.807) is 0 Å². The van der Waals surface area contributed by atoms with Crippen molar-refractivity contribution in [1.29, 1.82) is 0 Å². The van der Waals surface area contributed by atoms with Gasteiger partial charge in [-0.15, -0.1) is 0 Å². The van der Waals surface area contributed by atoms with Gasteiger partial charge in [0.15, 0.2) is 0 Å². The molecule has 0 saturated carbocycles. The van der Waals surface area contributed by atoms with Gasteiger partial charge in [0.1, 0.15) is 12.0 Å². The maximum Gasteiger partial charge on any atom is 0.136 e. The molecule has 2 heterocycles. The zero-order valence-electron chi connectivity index (χ0n) is 13.9. The molecule has 2 aromatic carbocycles. The molecule has 0 amide bonds. The number of aromatic nitrogens is 2. The summed E-state index contributed by atoms with van der Waals surface area (Å²) < 4.78 is 0. The van der Waals surface area contributed by atoms with E-state index in [2.05, 4.69) is 82.4 Å². The number of hydrogen-bond donors (Lipinski definition) is 2. The molecule has 0 saturated heterocycles. The Morgan fingerprint density at radius 2 is 1.83 bits per heavy atom. The monoisotopic (exact) mass is 319 g/mol. The molecule has 0 spiro atoms. The number of hydrogen-bond acceptors (Lipinski definition) is 4. The quantitative estimate of drug-likeness (QED) is 0.757. The average molecular weight is 319 g/mol. The van der Waals surface area contributed by atoms with Crippen LogP contribution in [0.4, 0.5) is 17.2 Å². The summed E-state index contributed by atoms with van der Waals surface area (Å²) in [4.78, 5) is 4.44. The molecular weight excluding hydrogens is 298 g/mol. The minimum atomic E-state index is -0.221. The van der Waals surface area contributed by atoms with Gasteiger partial charge in [0, 0.05) is 11.4 Å². The molecular formula is C19H21N5. The lowest BCUT2D eigenvalue weighted by molar-refractivity contribution is 0.616. The summed E-state index contributed by atoms with van der Waals surface area (Å²) in [5, 5.41) is 7.34. The van der Waals surface area contributed by atoms with Crippen LogP contribution in [-0.2, 0) is 0 Å². The summed E-state index contributed by atoms with van der Waals surface area (Å²) in [5.41, 5.74) is 12.3. The van der Waals surface area contributed by atoms with Crippen LogP contribution in [0.3, 0.4) is 0 Å². The summed E-state index contributed by atoms with van der Waals surface area (Å²) >= 11 is 0. The number of aromatic amines is 1. The van der Waals surface area contributed by atoms with Gasteiger partial charge in [-0.2, -0.15) is 5.10 Å². The summed E-state index contributed by atoms with van der Waals surface area (Å²) in [7, 11) is 0. The van der Waals surface area contributed by atoms with Crippen molar-refractivity contribution in [2.24, 2.45) is 5.73 Å². The summed E-state index contributed by atoms with van der Waals surface area (Å²) in [6.45, 7) is 4.88. The molecule has 24 heavy (non-hydrogen) atoms. The fourth-order valence-electron chi connectivity index (χ4n) is 3.24. The molecule has 0 aliphatic carbocycles. The number of nitrogens with one attached hydrogen (secondary N) is 1. The van der Waals surface area contributed by atoms with Crippen LogP contribution in [0.2, 0.25) is 0 Å². The smallest absolute Gasteiger partial charge is 0.136 e. The number of para-hydroxylation sites is 1. The van der Waals surface area contributed by atoms with Crippen LogP contribution < -0.4 is 15.5 Å². The van der Waals surface area contributed by atoms with Crippen LogP contribution in [0.1, 0.15) is 22.9 Å². The van der Waals surface area contributed by atoms with E-state index in [1.807, 2.05) is 6.20 Å². The maximum absolute atomic E-state index is 6.52. The van der Waals surface area contributed by atoms with Crippen molar-refractivity contribution in [2.75, 3.05) is 16.5 Å². The minimum absolute atomic E-state index is 0.221. The minimum Gasteiger partial charge on any atom is -0.334 e. The van der Waals surface area contributed by atoms with E-state index >= 15 is 0 Å². The second-order valence-electron chi connectivity index (χ2n) is 6.28. The van der Waals surface area contributed by atoms with Crippen LogP contribution in [0.25, 0.3) is 0 Å². The predicted molar refractivity (Wildman–Crippen MR) is 97.4 cm³/mol. The largest absolute Gasteiger partial charge is 0.334 e. The summed E-state index contributed by atoms with van der Waals surface area (Å²) in [6, 6.07) is 16.8. The second kappa shape index (κ2) is 5.69. The van der Waals surface area contributed by atoms with E-state index in [9.17, 15) is 0 Å². The molecule has 1 aromatic heterocycles. The van der Waals surface area contributed by atoms with Crippen molar-refractivity contribution in [2.45, 2.75) is 20.0 Å². The van der Waals surface area contributed by atoms with Crippen molar-refractivity contribution in [1.82, 2.24) is 10.2 Å². The van der Waals surface area contributed by atoms with Gasteiger partial charge in [0.25, 0.3) is 0 Å². The molecule has 4 rings (SSSR count). The number of anilines is 3. The van der Waals surface area contributed by atoms with Crippen LogP contribution >= 0.6 is 0 Å². The van der Waals surface area contributed by atoms with Crippen LogP contribution in [0.5, 0.6) is 0 Å². The van der Waals surface area contributed by atoms with Crippen molar-refractivity contribution < 1.29 is 0 Å². The molecule has 0 bridgehead atoms. The molecule has 1 atom stereocenters. The van der Waals surface area contributed by atoms with Crippen molar-refractivity contribution in [3.63, 3.8) is 0 Å². The number of benzene rings is 2. The third kappa shape index (κ3) is 2.34. The van der Waals surface area contributed by atoms with Gasteiger partial charge >= 0.3 is 0 Å². The lowest BCUT2D eigenvalue weighted by atomic mass is 10.1. The van der Waals surface area contributed by atoms with Gasteiger partial charge < -0.3 is 15.5 Å². The van der Waals surface area contributed by atoms with Gasteiger partial charge in [-0.1, -0.05) is 35.9 Å². The molecule has 1 aliphatic rings. The molecule has 5 heteroatoms. The Morgan fingerprint density at radius 1 is 1.08 bits per heavy atom. The number of fused-ring (bicyclic) bond motifs is 1. The number of rotatable bonds is 2. The van der Waals surface area contributed by atoms with Gasteiger partial charge in [0.2, 0.25) is 0 Å². The van der Waals surface area contributed by atoms with E-state index < -0.39 is 0 Å². The van der Waals surface area contributed by atoms with Gasteiger partial charge in [0.05, 0.1) is 18.4 Å². The Morgan fingerprint density at radius 3 is 2.58 bits per heavy atom. The Kier molecular flexibility index (Phi) is 3.50. The highest BCUT2D eigenvalue weighted by Crippen LogP contribution is 2.39. The molecule has 0 radical (unpaired) electrons. The summed E-state index contributed by atoms with van der Waals surface area (Å²) in [5.74, 6) is 0.972. The van der Waals surface area contributed by atoms with Gasteiger partial charge in [-0.25, -0.2) is 0 Å². The summed E-state index contributed by atoms with van der Waals surface area (Å²) in [6.07, 6.45) is 1.60. The highest BCUT2D eigenvalue weighted by Gasteiger charge is 2.32. The molecule has 5 nitrogen and oxygen atoms in total. The van der Waals surface area contributed by atoms with Gasteiger partial charge in [-0.05, 0) is 37.6 Å². The fourth-order valence-corrected chi connectivity index (χ4v) is 3.24. The Balaban J connectivity index is 1.80. The van der Waals surface area contributed by atoms with E-state index in [1.165, 1.54) is 11.1 Å². The Hall–Kier alpha value is -2.79. The van der Waals surface area contributed by atoms with Crippen LogP contribution in [-0.4, -0.2) is 16.9 Å². The predicted octanol–water partition coefficient (Wildman–Crippen LogP) is 3.60. The molecule has 0 fully saturated rings. The second-order valence-corrected chi connectivity index (χ2v) is 6.28. The number of H-pyrrole nitrogens is 1. The van der Waals surface area contributed by atoms with Crippen LogP contribution in [0, 0.1) is 13.8 Å². The van der Waals surface area contributed by atoms with E-state index in [0.29, 0.717) is 6.67 Å². The lowest BCUT2D eigenvalue weighted by Crippen LogP contribution is -2.46. The fraction of sp³-hybridized carbons (Fsp3) is 0.211. The Labute approximate surface area is 141 Å². The molecule has 1 unspecified atom stereocenters. The topological polar surface area (TPSA) is 61.2 Å². The first-order valence-electron chi connectivity index (χ1n) is 8.10. The first-order valence-corrected chi connectivity index (χ1v) is 8.10. The lowest BCUT2D eigenvalue weighted by Gasteiger charge is -2.41. The average Bonchev–Trinajstić information content (AvgIpc) is 3.08. The number of aryl methyl sites for hydroxylation is 2. The van der Waals surface area contributed by atoms with E-state index in [-0.39, 0.29) is 6.17 Å². The van der Waals surface area contributed by atoms with Crippen molar-refractivity contribution >= 4 is 17.2 Å². The van der Waals surface area contributed by atoms with Crippen molar-refractivity contribution in [3.05, 3.63) is 71.4 Å². The zero-order chi connectivity index (χ0) is 16.7. The first kappa shape index (κ1) is 14.8. The number of nitrogens with zero attached hydrogens (tertiary/aromatic N) is 3. The molecule has 3 aromatic rings. The highest BCUT2D eigenvalue weighted by atomic mass is 15.4. The number of nitrogens with two attached hydrogens (primary N) is 1. The zero-order valence-corrected chi connectivity index (χ0v) is 13.9. The molecule has 1 aliphatic heterocycles. The maximum atomic E-state index is 6.52. The first-order chi connectivity index (χ1) is 11.6. The van der Waals surface area contributed by atoms with E-state index in [4.69, 9.17) is 5.73 Å². The third-order valence-corrected chi connectivity index (χ3v) is 4.64. The van der Waals surface area contributed by atoms with Gasteiger partial charge in [-0.3, -0.25) is 5.10 Å². The highest BCUT2D eigenvalue weighted by molar-refractivity contribution is 5.70. The third-order valence-electron chi connectivity index (χ3n) is 4.64. The van der Waals surface area contributed by atoms with E-state index in [0.717, 1.165) is 22.8 Å². The van der Waals surface area contributed by atoms with Crippen LogP contribution in [0.15, 0.2) is 54.7 Å². The standard InChI is InChI=1S/C19H21N5/c1-13-7-9-15(10-8-13)23-12-24(17-6-4-3-5-14(17)2)19-16(18(23)20)11-21-22-19/h3-11,18H,12,20H2,1-2H3,(H,21,22). The molecule has 3 N–H and O–H groups in total. The molecule has 122 valence electrons. The van der Waals surface area contributed by atoms with Crippen molar-refractivity contribution in [3.8, 4) is 0 Å². The Bertz CT molecular complexity index is 852. The SMILES string of the molecule is Cc1ccc(N2CN(c3ccccc3C)c3[nH]ncc3C2N)cc1. The normalized spacial score (nSPS) is 17.0.